The zero-order valence-corrected chi connectivity index (χ0v) is 14.5. The van der Waals surface area contributed by atoms with Crippen LogP contribution in [0.4, 0.5) is 14.5 Å². The zero-order valence-electron chi connectivity index (χ0n) is 12.9. The molecule has 2 aromatic rings. The molecule has 0 aromatic heterocycles. The molecule has 1 aliphatic heterocycles. The fourth-order valence-electron chi connectivity index (χ4n) is 2.75. The minimum Gasteiger partial charge on any atom is -0.452 e. The van der Waals surface area contributed by atoms with Gasteiger partial charge in [0.25, 0.3) is 0 Å². The lowest BCUT2D eigenvalue weighted by molar-refractivity contribution is -0.120. The highest BCUT2D eigenvalue weighted by atomic mass is 35.5. The third-order valence-corrected chi connectivity index (χ3v) is 4.48. The van der Waals surface area contributed by atoms with E-state index in [1.54, 1.807) is 12.1 Å². The van der Waals surface area contributed by atoms with E-state index in [-0.39, 0.29) is 34.5 Å². The van der Waals surface area contributed by atoms with Gasteiger partial charge in [0.2, 0.25) is 5.91 Å². The standard InChI is InChI=1S/C17H14Cl2F2N2O2/c18-11-4-2-10(21)8-14(11)25-16-12(19)3-1-9-7-13(22)17(24)23(6-5-20)15(9)16/h1-4,8,13H,5-7,22H2/t13-/m1/s1. The lowest BCUT2D eigenvalue weighted by Gasteiger charge is -2.33. The number of nitrogens with zero attached hydrogens (tertiary/aromatic N) is 1. The molecule has 1 amide bonds. The van der Waals surface area contributed by atoms with Crippen LogP contribution in [-0.4, -0.2) is 25.2 Å². The van der Waals surface area contributed by atoms with Gasteiger partial charge in [-0.15, -0.1) is 0 Å². The number of amides is 1. The average molecular weight is 387 g/mol. The van der Waals surface area contributed by atoms with Crippen molar-refractivity contribution < 1.29 is 18.3 Å². The minimum atomic E-state index is -0.772. The van der Waals surface area contributed by atoms with Crippen LogP contribution in [0.25, 0.3) is 0 Å². The number of hydrogen-bond donors (Lipinski definition) is 1. The smallest absolute Gasteiger partial charge is 0.244 e. The van der Waals surface area contributed by atoms with Gasteiger partial charge in [-0.2, -0.15) is 0 Å². The van der Waals surface area contributed by atoms with E-state index in [1.165, 1.54) is 17.0 Å². The molecule has 0 fully saturated rings. The number of anilines is 1. The van der Waals surface area contributed by atoms with Gasteiger partial charge in [0.1, 0.15) is 18.2 Å². The summed E-state index contributed by atoms with van der Waals surface area (Å²) in [5, 5.41) is 0.358. The quantitative estimate of drug-likeness (QED) is 0.859. The molecule has 3 rings (SSSR count). The van der Waals surface area contributed by atoms with Crippen LogP contribution < -0.4 is 15.4 Å². The lowest BCUT2D eigenvalue weighted by atomic mass is 9.97. The number of hydrogen-bond acceptors (Lipinski definition) is 3. The predicted molar refractivity (Wildman–Crippen MR) is 92.9 cm³/mol. The third-order valence-electron chi connectivity index (χ3n) is 3.87. The van der Waals surface area contributed by atoms with E-state index in [4.69, 9.17) is 33.7 Å². The number of fused-ring (bicyclic) bond motifs is 1. The number of rotatable bonds is 4. The molecule has 1 aliphatic rings. The number of carbonyl (C=O) groups excluding carboxylic acids is 1. The van der Waals surface area contributed by atoms with Gasteiger partial charge >= 0.3 is 0 Å². The van der Waals surface area contributed by atoms with E-state index in [0.717, 1.165) is 6.07 Å². The van der Waals surface area contributed by atoms with Gasteiger partial charge in [-0.3, -0.25) is 4.79 Å². The first-order valence-electron chi connectivity index (χ1n) is 7.49. The Morgan fingerprint density at radius 1 is 1.24 bits per heavy atom. The van der Waals surface area contributed by atoms with Gasteiger partial charge in [0, 0.05) is 6.07 Å². The van der Waals surface area contributed by atoms with E-state index < -0.39 is 24.4 Å². The summed E-state index contributed by atoms with van der Waals surface area (Å²) in [6.07, 6.45) is 0.265. The number of alkyl halides is 1. The van der Waals surface area contributed by atoms with Gasteiger partial charge in [-0.05, 0) is 30.2 Å². The third kappa shape index (κ3) is 3.42. The second kappa shape index (κ2) is 7.15. The largest absolute Gasteiger partial charge is 0.452 e. The number of halogens is 4. The highest BCUT2D eigenvalue weighted by molar-refractivity contribution is 6.33. The Hall–Kier alpha value is -1.89. The summed E-state index contributed by atoms with van der Waals surface area (Å²) in [6, 6.07) is 6.15. The zero-order chi connectivity index (χ0) is 18.1. The van der Waals surface area contributed by atoms with Crippen molar-refractivity contribution in [3.8, 4) is 11.5 Å². The first-order chi connectivity index (χ1) is 11.9. The van der Waals surface area contributed by atoms with Crippen LogP contribution in [0.3, 0.4) is 0 Å². The summed E-state index contributed by atoms with van der Waals surface area (Å²) in [5.74, 6) is -0.818. The minimum absolute atomic E-state index is 0.0412. The van der Waals surface area contributed by atoms with Crippen LogP contribution in [0, 0.1) is 5.82 Å². The summed E-state index contributed by atoms with van der Waals surface area (Å²) in [6.45, 7) is -0.947. The van der Waals surface area contributed by atoms with Crippen LogP contribution in [0.2, 0.25) is 10.0 Å². The maximum atomic E-state index is 13.5. The first-order valence-corrected chi connectivity index (χ1v) is 8.25. The molecule has 1 atom stereocenters. The maximum Gasteiger partial charge on any atom is 0.244 e. The van der Waals surface area contributed by atoms with Gasteiger partial charge in [-0.1, -0.05) is 29.3 Å². The Morgan fingerprint density at radius 2 is 1.96 bits per heavy atom. The topological polar surface area (TPSA) is 55.6 Å². The Balaban J connectivity index is 2.13. The van der Waals surface area contributed by atoms with E-state index in [1.807, 2.05) is 0 Å². The van der Waals surface area contributed by atoms with Crippen molar-refractivity contribution >= 4 is 34.8 Å². The number of carbonyl (C=O) groups is 1. The van der Waals surface area contributed by atoms with Crippen molar-refractivity contribution in [1.29, 1.82) is 0 Å². The molecular weight excluding hydrogens is 373 g/mol. The SMILES string of the molecule is N[C@@H]1Cc2ccc(Cl)c(Oc3cc(F)ccc3Cl)c2N(CCF)C1=O. The van der Waals surface area contributed by atoms with Crippen LogP contribution in [0.5, 0.6) is 11.5 Å². The second-order valence-electron chi connectivity index (χ2n) is 5.55. The van der Waals surface area contributed by atoms with Gasteiger partial charge in [0.15, 0.2) is 5.75 Å². The molecule has 25 heavy (non-hydrogen) atoms. The first kappa shape index (κ1) is 17.9. The molecule has 0 saturated carbocycles. The summed E-state index contributed by atoms with van der Waals surface area (Å²) >= 11 is 12.3. The molecule has 8 heteroatoms. The molecule has 0 aliphatic carbocycles. The fourth-order valence-corrected chi connectivity index (χ4v) is 3.10. The van der Waals surface area contributed by atoms with E-state index in [9.17, 15) is 13.6 Å². The molecule has 0 unspecified atom stereocenters. The van der Waals surface area contributed by atoms with Crippen molar-refractivity contribution in [2.24, 2.45) is 5.73 Å². The van der Waals surface area contributed by atoms with E-state index >= 15 is 0 Å². The monoisotopic (exact) mass is 386 g/mol. The van der Waals surface area contributed by atoms with E-state index in [2.05, 4.69) is 0 Å². The normalized spacial score (nSPS) is 16.8. The summed E-state index contributed by atoms with van der Waals surface area (Å²) in [7, 11) is 0. The van der Waals surface area contributed by atoms with Crippen LogP contribution in [0.15, 0.2) is 30.3 Å². The lowest BCUT2D eigenvalue weighted by Crippen LogP contribution is -2.49. The number of nitrogens with two attached hydrogens (primary N) is 1. The fraction of sp³-hybridized carbons (Fsp3) is 0.235. The molecule has 2 N–H and O–H groups in total. The molecule has 0 radical (unpaired) electrons. The highest BCUT2D eigenvalue weighted by Crippen LogP contribution is 2.45. The number of benzene rings is 2. The van der Waals surface area contributed by atoms with Gasteiger partial charge < -0.3 is 15.4 Å². The van der Waals surface area contributed by atoms with Crippen molar-refractivity contribution in [2.45, 2.75) is 12.5 Å². The molecule has 0 saturated heterocycles. The van der Waals surface area contributed by atoms with Crippen molar-refractivity contribution in [3.63, 3.8) is 0 Å². The molecular formula is C17H14Cl2F2N2O2. The van der Waals surface area contributed by atoms with Crippen LogP contribution >= 0.6 is 23.2 Å². The summed E-state index contributed by atoms with van der Waals surface area (Å²) in [4.78, 5) is 13.6. The maximum absolute atomic E-state index is 13.5. The van der Waals surface area contributed by atoms with Crippen molar-refractivity contribution in [1.82, 2.24) is 0 Å². The summed E-state index contributed by atoms with van der Waals surface area (Å²) < 4.78 is 32.2. The Bertz CT molecular complexity index is 833. The molecule has 4 nitrogen and oxygen atoms in total. The Labute approximate surface area is 153 Å². The Kier molecular flexibility index (Phi) is 5.13. The second-order valence-corrected chi connectivity index (χ2v) is 6.36. The average Bonchev–Trinajstić information content (AvgIpc) is 2.58. The van der Waals surface area contributed by atoms with Crippen LogP contribution in [0.1, 0.15) is 5.56 Å². The highest BCUT2D eigenvalue weighted by Gasteiger charge is 2.34. The predicted octanol–water partition coefficient (Wildman–Crippen LogP) is 4.11. The molecule has 2 aromatic carbocycles. The van der Waals surface area contributed by atoms with Gasteiger partial charge in [0.05, 0.1) is 28.3 Å². The van der Waals surface area contributed by atoms with Crippen LogP contribution in [-0.2, 0) is 11.2 Å². The van der Waals surface area contributed by atoms with Crippen molar-refractivity contribution in [3.05, 3.63) is 51.8 Å². The van der Waals surface area contributed by atoms with Gasteiger partial charge in [-0.25, -0.2) is 8.78 Å². The number of ether oxygens (including phenoxy) is 1. The molecule has 0 spiro atoms. The van der Waals surface area contributed by atoms with E-state index in [0.29, 0.717) is 11.3 Å². The molecule has 0 bridgehead atoms. The Morgan fingerprint density at radius 3 is 2.68 bits per heavy atom. The molecule has 132 valence electrons. The molecule has 1 heterocycles. The van der Waals surface area contributed by atoms with Crippen molar-refractivity contribution in [2.75, 3.05) is 18.1 Å². The summed E-state index contributed by atoms with van der Waals surface area (Å²) in [5.41, 5.74) is 6.86.